The van der Waals surface area contributed by atoms with Gasteiger partial charge in [0.15, 0.2) is 0 Å². The van der Waals surface area contributed by atoms with Crippen molar-refractivity contribution in [3.8, 4) is 5.75 Å². The van der Waals surface area contributed by atoms with E-state index in [1.807, 2.05) is 30.3 Å². The third kappa shape index (κ3) is 5.10. The molecule has 126 valence electrons. The molecule has 0 radical (unpaired) electrons. The van der Waals surface area contributed by atoms with Crippen LogP contribution < -0.4 is 10.6 Å². The Morgan fingerprint density at radius 1 is 1.12 bits per heavy atom. The summed E-state index contributed by atoms with van der Waals surface area (Å²) in [4.78, 5) is 23.4. The number of amides is 1. The van der Waals surface area contributed by atoms with Gasteiger partial charge in [-0.05, 0) is 36.2 Å². The van der Waals surface area contributed by atoms with Gasteiger partial charge >= 0.3 is 5.97 Å². The molecule has 2 aromatic rings. The Labute approximate surface area is 140 Å². The third-order valence-electron chi connectivity index (χ3n) is 3.57. The summed E-state index contributed by atoms with van der Waals surface area (Å²) in [6.45, 7) is 2.11. The maximum absolute atomic E-state index is 12.1. The number of anilines is 1. The fourth-order valence-corrected chi connectivity index (χ4v) is 2.26. The van der Waals surface area contributed by atoms with Gasteiger partial charge in [0.1, 0.15) is 11.8 Å². The van der Waals surface area contributed by atoms with Gasteiger partial charge in [-0.25, -0.2) is 0 Å². The number of carboxylic acid groups (broad SMARTS) is 1. The SMILES string of the molecule is Cc1cc(O)ccc1NC(=O)CC(NCc1ccccc1)C(=O)O. The number of hydrogen-bond acceptors (Lipinski definition) is 4. The van der Waals surface area contributed by atoms with Crippen LogP contribution in [-0.4, -0.2) is 28.1 Å². The number of aliphatic carboxylic acids is 1. The highest BCUT2D eigenvalue weighted by molar-refractivity contribution is 5.94. The molecule has 4 N–H and O–H groups in total. The van der Waals surface area contributed by atoms with Crippen molar-refractivity contribution in [1.29, 1.82) is 0 Å². The van der Waals surface area contributed by atoms with Crippen molar-refractivity contribution < 1.29 is 19.8 Å². The van der Waals surface area contributed by atoms with Crippen molar-refractivity contribution in [3.05, 3.63) is 59.7 Å². The van der Waals surface area contributed by atoms with Crippen LogP contribution in [0.3, 0.4) is 0 Å². The number of benzene rings is 2. The first-order valence-electron chi connectivity index (χ1n) is 7.55. The first kappa shape index (κ1) is 17.5. The number of carbonyl (C=O) groups is 2. The number of hydrogen-bond donors (Lipinski definition) is 4. The van der Waals surface area contributed by atoms with Crippen LogP contribution >= 0.6 is 0 Å². The molecule has 0 heterocycles. The Morgan fingerprint density at radius 2 is 1.83 bits per heavy atom. The van der Waals surface area contributed by atoms with E-state index in [1.54, 1.807) is 13.0 Å². The monoisotopic (exact) mass is 328 g/mol. The molecule has 1 amide bonds. The molecule has 6 nitrogen and oxygen atoms in total. The molecule has 2 rings (SSSR count). The van der Waals surface area contributed by atoms with Crippen LogP contribution in [-0.2, 0) is 16.1 Å². The van der Waals surface area contributed by atoms with Crippen molar-refractivity contribution in [2.75, 3.05) is 5.32 Å². The molecule has 0 bridgehead atoms. The van der Waals surface area contributed by atoms with Crippen LogP contribution in [0.15, 0.2) is 48.5 Å². The predicted molar refractivity (Wildman–Crippen MR) is 90.8 cm³/mol. The standard InChI is InChI=1S/C18H20N2O4/c1-12-9-14(21)7-8-15(12)20-17(22)10-16(18(23)24)19-11-13-5-3-2-4-6-13/h2-9,16,19,21H,10-11H2,1H3,(H,20,22)(H,23,24). The van der Waals surface area contributed by atoms with Gasteiger partial charge in [-0.3, -0.25) is 14.9 Å². The minimum absolute atomic E-state index is 0.110. The highest BCUT2D eigenvalue weighted by atomic mass is 16.4. The summed E-state index contributed by atoms with van der Waals surface area (Å²) in [6.07, 6.45) is -0.192. The molecule has 1 unspecified atom stereocenters. The summed E-state index contributed by atoms with van der Waals surface area (Å²) in [7, 11) is 0. The Kier molecular flexibility index (Phi) is 5.92. The smallest absolute Gasteiger partial charge is 0.321 e. The molecule has 0 spiro atoms. The average Bonchev–Trinajstić information content (AvgIpc) is 2.55. The zero-order valence-corrected chi connectivity index (χ0v) is 13.3. The minimum Gasteiger partial charge on any atom is -0.508 e. The molecule has 1 atom stereocenters. The first-order chi connectivity index (χ1) is 11.5. The Balaban J connectivity index is 1.94. The van der Waals surface area contributed by atoms with Gasteiger partial charge in [0, 0.05) is 12.2 Å². The molecular weight excluding hydrogens is 308 g/mol. The zero-order chi connectivity index (χ0) is 17.5. The summed E-state index contributed by atoms with van der Waals surface area (Å²) in [5.41, 5.74) is 2.19. The Morgan fingerprint density at radius 3 is 2.46 bits per heavy atom. The molecule has 0 aliphatic rings. The molecule has 0 fully saturated rings. The molecular formula is C18H20N2O4. The number of carbonyl (C=O) groups excluding carboxylic acids is 1. The largest absolute Gasteiger partial charge is 0.508 e. The Hall–Kier alpha value is -2.86. The van der Waals surface area contributed by atoms with Gasteiger partial charge in [0.05, 0.1) is 6.42 Å². The molecule has 0 aromatic heterocycles. The van der Waals surface area contributed by atoms with Crippen molar-refractivity contribution in [2.45, 2.75) is 25.9 Å². The second-order valence-electron chi connectivity index (χ2n) is 5.51. The highest BCUT2D eigenvalue weighted by Crippen LogP contribution is 2.20. The van der Waals surface area contributed by atoms with E-state index in [0.717, 1.165) is 5.56 Å². The number of rotatable bonds is 7. The molecule has 0 saturated carbocycles. The topological polar surface area (TPSA) is 98.7 Å². The maximum atomic E-state index is 12.1. The molecule has 24 heavy (non-hydrogen) atoms. The molecule has 2 aromatic carbocycles. The quantitative estimate of drug-likeness (QED) is 0.585. The van der Waals surface area contributed by atoms with Crippen molar-refractivity contribution >= 4 is 17.6 Å². The van der Waals surface area contributed by atoms with Gasteiger partial charge in [0.25, 0.3) is 0 Å². The molecule has 0 aliphatic carbocycles. The van der Waals surface area contributed by atoms with E-state index in [-0.39, 0.29) is 12.2 Å². The Bertz CT molecular complexity index is 716. The van der Waals surface area contributed by atoms with Crippen LogP contribution in [0.1, 0.15) is 17.5 Å². The van der Waals surface area contributed by atoms with Gasteiger partial charge < -0.3 is 15.5 Å². The van der Waals surface area contributed by atoms with E-state index in [1.165, 1.54) is 12.1 Å². The average molecular weight is 328 g/mol. The van der Waals surface area contributed by atoms with E-state index in [0.29, 0.717) is 17.8 Å². The van der Waals surface area contributed by atoms with E-state index in [2.05, 4.69) is 10.6 Å². The van der Waals surface area contributed by atoms with Crippen molar-refractivity contribution in [1.82, 2.24) is 5.32 Å². The second kappa shape index (κ2) is 8.12. The summed E-state index contributed by atoms with van der Waals surface area (Å²) >= 11 is 0. The van der Waals surface area contributed by atoms with Crippen molar-refractivity contribution in [3.63, 3.8) is 0 Å². The van der Waals surface area contributed by atoms with Crippen LogP contribution in [0, 0.1) is 6.92 Å². The van der Waals surface area contributed by atoms with Crippen LogP contribution in [0.2, 0.25) is 0 Å². The molecule has 0 aliphatic heterocycles. The van der Waals surface area contributed by atoms with Crippen LogP contribution in [0.5, 0.6) is 5.75 Å². The molecule has 0 saturated heterocycles. The zero-order valence-electron chi connectivity index (χ0n) is 13.3. The third-order valence-corrected chi connectivity index (χ3v) is 3.57. The van der Waals surface area contributed by atoms with Crippen LogP contribution in [0.4, 0.5) is 5.69 Å². The van der Waals surface area contributed by atoms with Crippen molar-refractivity contribution in [2.24, 2.45) is 0 Å². The minimum atomic E-state index is -1.08. The summed E-state index contributed by atoms with van der Waals surface area (Å²) in [5.74, 6) is -1.38. The number of nitrogens with one attached hydrogen (secondary N) is 2. The first-order valence-corrected chi connectivity index (χ1v) is 7.55. The number of aryl methyl sites for hydroxylation is 1. The highest BCUT2D eigenvalue weighted by Gasteiger charge is 2.21. The van der Waals surface area contributed by atoms with E-state index < -0.39 is 17.9 Å². The molecule has 6 heteroatoms. The fraction of sp³-hybridized carbons (Fsp3) is 0.222. The number of phenolic OH excluding ortho intramolecular Hbond substituents is 1. The lowest BCUT2D eigenvalue weighted by Crippen LogP contribution is -2.39. The van der Waals surface area contributed by atoms with Gasteiger partial charge in [0.2, 0.25) is 5.91 Å². The van der Waals surface area contributed by atoms with Crippen LogP contribution in [0.25, 0.3) is 0 Å². The summed E-state index contributed by atoms with van der Waals surface area (Å²) in [5, 5.41) is 24.2. The number of phenols is 1. The van der Waals surface area contributed by atoms with E-state index >= 15 is 0 Å². The summed E-state index contributed by atoms with van der Waals surface area (Å²) < 4.78 is 0. The normalized spacial score (nSPS) is 11.7. The second-order valence-corrected chi connectivity index (χ2v) is 5.51. The van der Waals surface area contributed by atoms with Gasteiger partial charge in [-0.1, -0.05) is 30.3 Å². The predicted octanol–water partition coefficient (Wildman–Crippen LogP) is 2.27. The van der Waals surface area contributed by atoms with Gasteiger partial charge in [-0.15, -0.1) is 0 Å². The van der Waals surface area contributed by atoms with Gasteiger partial charge in [-0.2, -0.15) is 0 Å². The lowest BCUT2D eigenvalue weighted by atomic mass is 10.1. The fourth-order valence-electron chi connectivity index (χ4n) is 2.26. The summed E-state index contributed by atoms with van der Waals surface area (Å²) in [6, 6.07) is 13.0. The lowest BCUT2D eigenvalue weighted by Gasteiger charge is -2.15. The van der Waals surface area contributed by atoms with E-state index in [9.17, 15) is 19.8 Å². The number of aromatic hydroxyl groups is 1. The van der Waals surface area contributed by atoms with E-state index in [4.69, 9.17) is 0 Å². The lowest BCUT2D eigenvalue weighted by molar-refractivity contribution is -0.141. The maximum Gasteiger partial charge on any atom is 0.321 e. The number of carboxylic acids is 1.